The number of ketones is 1. The van der Waals surface area contributed by atoms with Gasteiger partial charge in [0.1, 0.15) is 5.76 Å². The van der Waals surface area contributed by atoms with Crippen molar-refractivity contribution in [3.63, 3.8) is 0 Å². The number of carbonyl (C=O) groups excluding carboxylic acids is 2. The topological polar surface area (TPSA) is 66.8 Å². The molecule has 2 aromatic rings. The highest BCUT2D eigenvalue weighted by atomic mass is 16.5. The number of aliphatic hydroxyl groups is 1. The summed E-state index contributed by atoms with van der Waals surface area (Å²) in [5, 5.41) is 11.3. The Kier molecular flexibility index (Phi) is 6.89. The Morgan fingerprint density at radius 3 is 2.31 bits per heavy atom. The van der Waals surface area contributed by atoms with Crippen LogP contribution in [-0.2, 0) is 19.7 Å². The molecule has 5 nitrogen and oxygen atoms in total. The van der Waals surface area contributed by atoms with Gasteiger partial charge >= 0.3 is 0 Å². The van der Waals surface area contributed by atoms with Crippen LogP contribution in [0.1, 0.15) is 61.1 Å². The zero-order chi connectivity index (χ0) is 23.6. The zero-order valence-corrected chi connectivity index (χ0v) is 19.9. The van der Waals surface area contributed by atoms with Gasteiger partial charge in [-0.25, -0.2) is 0 Å². The molecule has 170 valence electrons. The third-order valence-corrected chi connectivity index (χ3v) is 6.03. The first kappa shape index (κ1) is 23.7. The minimum atomic E-state index is -0.647. The summed E-state index contributed by atoms with van der Waals surface area (Å²) in [6, 6.07) is 13.0. The van der Waals surface area contributed by atoms with Gasteiger partial charge in [0.25, 0.3) is 11.7 Å². The van der Waals surface area contributed by atoms with Gasteiger partial charge in [-0.2, -0.15) is 0 Å². The molecule has 3 rings (SSSR count). The van der Waals surface area contributed by atoms with E-state index in [-0.39, 0.29) is 16.7 Å². The standard InChI is InChI=1S/C27H33NO4/c1-17-8-9-18(2)21(16-17)24(29)22-23(19-10-12-20(13-11-19)27(3,4)5)28(14-7-15-32-6)26(31)25(22)30/h8-13,16,23,29H,7,14-15H2,1-6H3. The third-order valence-electron chi connectivity index (χ3n) is 6.03. The van der Waals surface area contributed by atoms with Crippen molar-refractivity contribution < 1.29 is 19.4 Å². The van der Waals surface area contributed by atoms with Crippen molar-refractivity contribution in [3.05, 3.63) is 75.9 Å². The van der Waals surface area contributed by atoms with Crippen molar-refractivity contribution in [2.75, 3.05) is 20.3 Å². The summed E-state index contributed by atoms with van der Waals surface area (Å²) in [5.74, 6) is -1.35. The second-order valence-corrected chi connectivity index (χ2v) is 9.53. The Hall–Kier alpha value is -2.92. The van der Waals surface area contributed by atoms with Crippen molar-refractivity contribution in [1.29, 1.82) is 0 Å². The van der Waals surface area contributed by atoms with Crippen LogP contribution < -0.4 is 0 Å². The maximum absolute atomic E-state index is 13.1. The van der Waals surface area contributed by atoms with E-state index >= 15 is 0 Å². The Labute approximate surface area is 190 Å². The fourth-order valence-electron chi connectivity index (χ4n) is 4.14. The van der Waals surface area contributed by atoms with Gasteiger partial charge in [0.05, 0.1) is 11.6 Å². The van der Waals surface area contributed by atoms with E-state index in [2.05, 4.69) is 20.8 Å². The number of Topliss-reactive ketones (excluding diaryl/α,β-unsaturated/α-hetero) is 1. The summed E-state index contributed by atoms with van der Waals surface area (Å²) in [4.78, 5) is 27.7. The highest BCUT2D eigenvalue weighted by molar-refractivity contribution is 6.46. The number of hydrogen-bond donors (Lipinski definition) is 1. The predicted molar refractivity (Wildman–Crippen MR) is 127 cm³/mol. The Balaban J connectivity index is 2.16. The molecular formula is C27H33NO4. The van der Waals surface area contributed by atoms with E-state index in [4.69, 9.17) is 4.74 Å². The molecule has 5 heteroatoms. The molecule has 0 bridgehead atoms. The van der Waals surface area contributed by atoms with Gasteiger partial charge in [-0.3, -0.25) is 9.59 Å². The quantitative estimate of drug-likeness (QED) is 0.298. The molecule has 1 unspecified atom stereocenters. The fraction of sp³-hybridized carbons (Fsp3) is 0.407. The number of hydrogen-bond acceptors (Lipinski definition) is 4. The number of amides is 1. The van der Waals surface area contributed by atoms with E-state index in [1.54, 1.807) is 12.0 Å². The lowest BCUT2D eigenvalue weighted by molar-refractivity contribution is -0.140. The minimum Gasteiger partial charge on any atom is -0.507 e. The zero-order valence-electron chi connectivity index (χ0n) is 19.9. The van der Waals surface area contributed by atoms with E-state index in [0.29, 0.717) is 25.1 Å². The van der Waals surface area contributed by atoms with Crippen molar-refractivity contribution >= 4 is 17.4 Å². The van der Waals surface area contributed by atoms with E-state index in [0.717, 1.165) is 22.3 Å². The van der Waals surface area contributed by atoms with Crippen LogP contribution in [0.15, 0.2) is 48.0 Å². The summed E-state index contributed by atoms with van der Waals surface area (Å²) in [7, 11) is 1.61. The molecule has 0 aromatic heterocycles. The van der Waals surface area contributed by atoms with E-state index in [1.165, 1.54) is 0 Å². The number of methoxy groups -OCH3 is 1. The average Bonchev–Trinajstić information content (AvgIpc) is 2.99. The highest BCUT2D eigenvalue weighted by Crippen LogP contribution is 2.40. The van der Waals surface area contributed by atoms with Crippen LogP contribution in [0.2, 0.25) is 0 Å². The lowest BCUT2D eigenvalue weighted by atomic mass is 9.85. The molecule has 1 fully saturated rings. The number of benzene rings is 2. The lowest BCUT2D eigenvalue weighted by Gasteiger charge is -2.26. The number of ether oxygens (including phenoxy) is 1. The van der Waals surface area contributed by atoms with Crippen LogP contribution in [0.4, 0.5) is 0 Å². The second kappa shape index (κ2) is 9.29. The molecule has 1 aliphatic rings. The highest BCUT2D eigenvalue weighted by Gasteiger charge is 2.45. The SMILES string of the molecule is COCCCN1C(=O)C(=O)C(=C(O)c2cc(C)ccc2C)C1c1ccc(C(C)(C)C)cc1. The maximum Gasteiger partial charge on any atom is 0.295 e. The second-order valence-electron chi connectivity index (χ2n) is 9.53. The van der Waals surface area contributed by atoms with Gasteiger partial charge in [0, 0.05) is 25.8 Å². The van der Waals surface area contributed by atoms with Gasteiger partial charge in [0.15, 0.2) is 0 Å². The molecule has 0 saturated carbocycles. The van der Waals surface area contributed by atoms with Gasteiger partial charge in [-0.05, 0) is 48.4 Å². The smallest absolute Gasteiger partial charge is 0.295 e. The Morgan fingerprint density at radius 1 is 1.06 bits per heavy atom. The fourth-order valence-corrected chi connectivity index (χ4v) is 4.14. The number of aliphatic hydroxyl groups excluding tert-OH is 1. The molecule has 1 amide bonds. The largest absolute Gasteiger partial charge is 0.507 e. The van der Waals surface area contributed by atoms with Crippen molar-refractivity contribution in [2.24, 2.45) is 0 Å². The summed E-state index contributed by atoms with van der Waals surface area (Å²) >= 11 is 0. The third kappa shape index (κ3) is 4.63. The first-order valence-electron chi connectivity index (χ1n) is 11.0. The van der Waals surface area contributed by atoms with Crippen molar-refractivity contribution in [2.45, 2.75) is 52.5 Å². The molecule has 32 heavy (non-hydrogen) atoms. The van der Waals surface area contributed by atoms with E-state index in [9.17, 15) is 14.7 Å². The molecular weight excluding hydrogens is 402 g/mol. The Morgan fingerprint density at radius 2 is 1.72 bits per heavy atom. The van der Waals surface area contributed by atoms with E-state index in [1.807, 2.05) is 56.3 Å². The molecule has 0 radical (unpaired) electrons. The molecule has 1 saturated heterocycles. The van der Waals surface area contributed by atoms with Crippen LogP contribution >= 0.6 is 0 Å². The monoisotopic (exact) mass is 435 g/mol. The first-order chi connectivity index (χ1) is 15.1. The van der Waals surface area contributed by atoms with Crippen molar-refractivity contribution in [1.82, 2.24) is 4.90 Å². The minimum absolute atomic E-state index is 0.0164. The maximum atomic E-state index is 13.1. The summed E-state index contributed by atoms with van der Waals surface area (Å²) < 4.78 is 5.15. The molecule has 1 aliphatic heterocycles. The van der Waals surface area contributed by atoms with Gasteiger partial charge in [0.2, 0.25) is 0 Å². The van der Waals surface area contributed by atoms with Crippen LogP contribution in [0.25, 0.3) is 5.76 Å². The summed E-state index contributed by atoms with van der Waals surface area (Å²) in [6.07, 6.45) is 0.601. The normalized spacial score (nSPS) is 18.4. The molecule has 0 spiro atoms. The molecule has 1 atom stereocenters. The number of aryl methyl sites for hydroxylation is 2. The number of nitrogens with zero attached hydrogens (tertiary/aromatic N) is 1. The molecule has 1 heterocycles. The van der Waals surface area contributed by atoms with Gasteiger partial charge in [-0.15, -0.1) is 0 Å². The summed E-state index contributed by atoms with van der Waals surface area (Å²) in [5.41, 5.74) is 4.49. The Bertz CT molecular complexity index is 1040. The van der Waals surface area contributed by atoms with Crippen LogP contribution in [-0.4, -0.2) is 42.0 Å². The lowest BCUT2D eigenvalue weighted by Crippen LogP contribution is -2.31. The number of rotatable bonds is 6. The first-order valence-corrected chi connectivity index (χ1v) is 11.0. The average molecular weight is 436 g/mol. The molecule has 1 N–H and O–H groups in total. The number of likely N-dealkylation sites (tertiary alicyclic amines) is 1. The molecule has 2 aromatic carbocycles. The van der Waals surface area contributed by atoms with E-state index < -0.39 is 17.7 Å². The van der Waals surface area contributed by atoms with Crippen molar-refractivity contribution in [3.8, 4) is 0 Å². The predicted octanol–water partition coefficient (Wildman–Crippen LogP) is 5.06. The number of carbonyl (C=O) groups is 2. The van der Waals surface area contributed by atoms with Gasteiger partial charge < -0.3 is 14.7 Å². The molecule has 0 aliphatic carbocycles. The van der Waals surface area contributed by atoms with Crippen LogP contribution in [0, 0.1) is 13.8 Å². The van der Waals surface area contributed by atoms with Gasteiger partial charge in [-0.1, -0.05) is 62.7 Å². The summed E-state index contributed by atoms with van der Waals surface area (Å²) in [6.45, 7) is 11.1. The van der Waals surface area contributed by atoms with Crippen LogP contribution in [0.3, 0.4) is 0 Å². The van der Waals surface area contributed by atoms with Crippen LogP contribution in [0.5, 0.6) is 0 Å².